The summed E-state index contributed by atoms with van der Waals surface area (Å²) in [6.45, 7) is 0. The summed E-state index contributed by atoms with van der Waals surface area (Å²) in [5, 5.41) is 7.50. The van der Waals surface area contributed by atoms with E-state index in [0.717, 1.165) is 36.6 Å². The molecule has 0 aliphatic heterocycles. The number of pyridine rings is 2. The van der Waals surface area contributed by atoms with Gasteiger partial charge in [-0.2, -0.15) is 0 Å². The quantitative estimate of drug-likeness (QED) is 0.624. The van der Waals surface area contributed by atoms with E-state index in [1.54, 1.807) is 18.5 Å². The average molecular weight is 423 g/mol. The standard InChI is InChI=1S/C22H23ClN6O/c23-15-3-8-22(30)29(13-15)18-6-7-20(25-10-18)27-16-4-5-17(9-16)28-21-12-24-19(11-26-21)14-1-2-14/h3,6-8,10-14,16-17H,1-2,4-5,9H2,(H,25,27)(H,26,28)/t16-,17-/m0/s1. The van der Waals surface area contributed by atoms with E-state index in [2.05, 4.69) is 25.6 Å². The summed E-state index contributed by atoms with van der Waals surface area (Å²) in [6.07, 6.45) is 12.6. The molecule has 2 aliphatic carbocycles. The lowest BCUT2D eigenvalue weighted by atomic mass is 10.2. The molecule has 2 atom stereocenters. The minimum absolute atomic E-state index is 0.139. The molecule has 0 bridgehead atoms. The van der Waals surface area contributed by atoms with Crippen LogP contribution in [0.4, 0.5) is 11.6 Å². The van der Waals surface area contributed by atoms with Gasteiger partial charge in [0.25, 0.3) is 5.56 Å². The highest BCUT2D eigenvalue weighted by Gasteiger charge is 2.27. The first-order valence-electron chi connectivity index (χ1n) is 10.3. The van der Waals surface area contributed by atoms with Gasteiger partial charge in [-0.1, -0.05) is 11.6 Å². The van der Waals surface area contributed by atoms with E-state index < -0.39 is 0 Å². The number of halogens is 1. The molecule has 0 spiro atoms. The van der Waals surface area contributed by atoms with Crippen molar-refractivity contribution in [2.75, 3.05) is 10.6 Å². The van der Waals surface area contributed by atoms with E-state index in [-0.39, 0.29) is 5.56 Å². The van der Waals surface area contributed by atoms with E-state index in [1.165, 1.54) is 23.5 Å². The maximum absolute atomic E-state index is 12.0. The zero-order valence-electron chi connectivity index (χ0n) is 16.5. The molecule has 2 N–H and O–H groups in total. The van der Waals surface area contributed by atoms with Crippen LogP contribution >= 0.6 is 11.6 Å². The largest absolute Gasteiger partial charge is 0.367 e. The van der Waals surface area contributed by atoms with Crippen molar-refractivity contribution in [2.24, 2.45) is 0 Å². The molecule has 0 aromatic carbocycles. The molecule has 8 heteroatoms. The predicted octanol–water partition coefficient (Wildman–Crippen LogP) is 4.00. The monoisotopic (exact) mass is 422 g/mol. The van der Waals surface area contributed by atoms with E-state index in [4.69, 9.17) is 11.6 Å². The molecule has 0 amide bonds. The van der Waals surface area contributed by atoms with Crippen molar-refractivity contribution in [1.29, 1.82) is 0 Å². The van der Waals surface area contributed by atoms with Crippen LogP contribution in [0.5, 0.6) is 0 Å². The Morgan fingerprint density at radius 1 is 0.867 bits per heavy atom. The maximum Gasteiger partial charge on any atom is 0.255 e. The molecule has 0 radical (unpaired) electrons. The fraction of sp³-hybridized carbons (Fsp3) is 0.364. The van der Waals surface area contributed by atoms with E-state index in [0.29, 0.717) is 28.7 Å². The second-order valence-corrected chi connectivity index (χ2v) is 8.49. The Bertz CT molecular complexity index is 1080. The van der Waals surface area contributed by atoms with Crippen LogP contribution in [-0.2, 0) is 0 Å². The first kappa shape index (κ1) is 19.1. The van der Waals surface area contributed by atoms with Crippen molar-refractivity contribution in [3.63, 3.8) is 0 Å². The van der Waals surface area contributed by atoms with Gasteiger partial charge >= 0.3 is 0 Å². The van der Waals surface area contributed by atoms with Crippen molar-refractivity contribution >= 4 is 23.2 Å². The molecule has 154 valence electrons. The number of nitrogens with zero attached hydrogens (tertiary/aromatic N) is 4. The Hall–Kier alpha value is -2.93. The molecule has 7 nitrogen and oxygen atoms in total. The molecule has 30 heavy (non-hydrogen) atoms. The van der Waals surface area contributed by atoms with Crippen molar-refractivity contribution in [3.05, 3.63) is 70.1 Å². The van der Waals surface area contributed by atoms with Gasteiger partial charge in [-0.3, -0.25) is 14.3 Å². The van der Waals surface area contributed by atoms with Crippen LogP contribution < -0.4 is 16.2 Å². The van der Waals surface area contributed by atoms with Gasteiger partial charge in [0.2, 0.25) is 0 Å². The Balaban J connectivity index is 1.17. The van der Waals surface area contributed by atoms with Crippen LogP contribution in [0.15, 0.2) is 53.8 Å². The summed E-state index contributed by atoms with van der Waals surface area (Å²) >= 11 is 6.00. The topological polar surface area (TPSA) is 84.7 Å². The first-order valence-corrected chi connectivity index (χ1v) is 10.7. The molecule has 2 aliphatic rings. The van der Waals surface area contributed by atoms with Crippen molar-refractivity contribution in [1.82, 2.24) is 19.5 Å². The van der Waals surface area contributed by atoms with E-state index in [1.807, 2.05) is 24.5 Å². The third-order valence-electron chi connectivity index (χ3n) is 5.71. The number of nitrogens with one attached hydrogen (secondary N) is 2. The number of hydrogen-bond donors (Lipinski definition) is 2. The summed E-state index contributed by atoms with van der Waals surface area (Å²) in [5.74, 6) is 2.27. The van der Waals surface area contributed by atoms with Gasteiger partial charge in [0.05, 0.1) is 35.0 Å². The summed E-state index contributed by atoms with van der Waals surface area (Å²) in [7, 11) is 0. The van der Waals surface area contributed by atoms with Gasteiger partial charge in [0.15, 0.2) is 0 Å². The molecule has 2 saturated carbocycles. The normalized spacial score (nSPS) is 20.8. The SMILES string of the molecule is O=c1ccc(Cl)cn1-c1ccc(N[C@H]2CC[C@H](Nc3cnc(C4CC4)cn3)C2)nc1. The minimum Gasteiger partial charge on any atom is -0.367 e. The number of anilines is 2. The molecule has 3 aromatic rings. The Morgan fingerprint density at radius 3 is 2.30 bits per heavy atom. The molecule has 0 unspecified atom stereocenters. The summed E-state index contributed by atoms with van der Waals surface area (Å²) < 4.78 is 1.49. The highest BCUT2D eigenvalue weighted by molar-refractivity contribution is 6.30. The Morgan fingerprint density at radius 2 is 1.63 bits per heavy atom. The Labute approximate surface area is 179 Å². The van der Waals surface area contributed by atoms with Crippen LogP contribution in [-0.4, -0.2) is 31.6 Å². The third kappa shape index (κ3) is 4.31. The number of hydrogen-bond acceptors (Lipinski definition) is 6. The van der Waals surface area contributed by atoms with Crippen LogP contribution in [0.2, 0.25) is 5.02 Å². The summed E-state index contributed by atoms with van der Waals surface area (Å²) in [6, 6.07) is 7.51. The minimum atomic E-state index is -0.139. The van der Waals surface area contributed by atoms with Crippen LogP contribution in [0.1, 0.15) is 43.7 Å². The van der Waals surface area contributed by atoms with Gasteiger partial charge < -0.3 is 10.6 Å². The van der Waals surface area contributed by atoms with Gasteiger partial charge in [-0.25, -0.2) is 9.97 Å². The zero-order chi connectivity index (χ0) is 20.5. The van der Waals surface area contributed by atoms with Gasteiger partial charge in [0, 0.05) is 30.3 Å². The van der Waals surface area contributed by atoms with Crippen molar-refractivity contribution in [3.8, 4) is 5.69 Å². The molecule has 0 saturated heterocycles. The number of rotatable bonds is 6. The highest BCUT2D eigenvalue weighted by Crippen LogP contribution is 2.38. The summed E-state index contributed by atoms with van der Waals surface area (Å²) in [4.78, 5) is 25.5. The second kappa shape index (κ2) is 8.07. The van der Waals surface area contributed by atoms with Crippen molar-refractivity contribution < 1.29 is 0 Å². The van der Waals surface area contributed by atoms with Gasteiger partial charge in [-0.15, -0.1) is 0 Å². The molecule has 3 aromatic heterocycles. The average Bonchev–Trinajstić information content (AvgIpc) is 3.52. The van der Waals surface area contributed by atoms with Gasteiger partial charge in [0.1, 0.15) is 11.6 Å². The fourth-order valence-electron chi connectivity index (χ4n) is 3.94. The fourth-order valence-corrected chi connectivity index (χ4v) is 4.10. The zero-order valence-corrected chi connectivity index (χ0v) is 17.2. The number of aromatic nitrogens is 4. The van der Waals surface area contributed by atoms with Gasteiger partial charge in [-0.05, 0) is 50.3 Å². The van der Waals surface area contributed by atoms with Crippen molar-refractivity contribution in [2.45, 2.75) is 50.1 Å². The third-order valence-corrected chi connectivity index (χ3v) is 5.93. The molecule has 5 rings (SSSR count). The van der Waals surface area contributed by atoms with Crippen LogP contribution in [0.25, 0.3) is 5.69 Å². The lowest BCUT2D eigenvalue weighted by Gasteiger charge is -2.16. The smallest absolute Gasteiger partial charge is 0.255 e. The molecule has 3 heterocycles. The Kier molecular flexibility index (Phi) is 5.12. The van der Waals surface area contributed by atoms with E-state index in [9.17, 15) is 4.79 Å². The van der Waals surface area contributed by atoms with Crippen LogP contribution in [0.3, 0.4) is 0 Å². The maximum atomic E-state index is 12.0. The lowest BCUT2D eigenvalue weighted by molar-refractivity contribution is 0.719. The molecule has 2 fully saturated rings. The first-order chi connectivity index (χ1) is 14.6. The second-order valence-electron chi connectivity index (χ2n) is 8.05. The molecular formula is C22H23ClN6O. The van der Waals surface area contributed by atoms with E-state index >= 15 is 0 Å². The predicted molar refractivity (Wildman–Crippen MR) is 118 cm³/mol. The highest BCUT2D eigenvalue weighted by atomic mass is 35.5. The van der Waals surface area contributed by atoms with Crippen LogP contribution in [0, 0.1) is 0 Å². The molecular weight excluding hydrogens is 400 g/mol. The lowest BCUT2D eigenvalue weighted by Crippen LogP contribution is -2.22. The summed E-state index contributed by atoms with van der Waals surface area (Å²) in [5.41, 5.74) is 1.66.